The largest absolute Gasteiger partial charge is 0.396 e. The number of hydrogen-bond acceptors (Lipinski definition) is 3. The van der Waals surface area contributed by atoms with Gasteiger partial charge in [0, 0.05) is 20.3 Å². The molecule has 1 atom stereocenters. The summed E-state index contributed by atoms with van der Waals surface area (Å²) >= 11 is 0. The first-order chi connectivity index (χ1) is 7.35. The maximum atomic E-state index is 8.89. The molecule has 0 spiro atoms. The Bertz CT molecular complexity index is 114. The lowest BCUT2D eigenvalue weighted by atomic mass is 10.0. The Morgan fingerprint density at radius 2 is 2.07 bits per heavy atom. The van der Waals surface area contributed by atoms with Crippen molar-refractivity contribution in [3.8, 4) is 0 Å². The van der Waals surface area contributed by atoms with E-state index in [1.54, 1.807) is 7.11 Å². The van der Waals surface area contributed by atoms with Crippen molar-refractivity contribution in [3.05, 3.63) is 0 Å². The molecule has 0 aliphatic rings. The standard InChI is InChI=1S/C12H27NO2/c1-3-6-12(7-9-14)11-13-8-4-5-10-15-2/h12-14H,3-11H2,1-2H3. The molecule has 0 saturated carbocycles. The van der Waals surface area contributed by atoms with Crippen LogP contribution in [0.3, 0.4) is 0 Å². The van der Waals surface area contributed by atoms with E-state index in [-0.39, 0.29) is 0 Å². The van der Waals surface area contributed by atoms with Gasteiger partial charge in [-0.25, -0.2) is 0 Å². The Kier molecular flexibility index (Phi) is 11.9. The smallest absolute Gasteiger partial charge is 0.0462 e. The molecule has 0 aromatic heterocycles. The lowest BCUT2D eigenvalue weighted by molar-refractivity contribution is 0.192. The lowest BCUT2D eigenvalue weighted by Gasteiger charge is -2.15. The fraction of sp³-hybridized carbons (Fsp3) is 1.00. The highest BCUT2D eigenvalue weighted by molar-refractivity contribution is 4.61. The quantitative estimate of drug-likeness (QED) is 0.519. The number of nitrogens with one attached hydrogen (secondary N) is 1. The summed E-state index contributed by atoms with van der Waals surface area (Å²) in [6.07, 6.45) is 5.65. The Labute approximate surface area is 94.2 Å². The van der Waals surface area contributed by atoms with Gasteiger partial charge in [-0.1, -0.05) is 13.3 Å². The topological polar surface area (TPSA) is 41.5 Å². The van der Waals surface area contributed by atoms with Gasteiger partial charge in [-0.2, -0.15) is 0 Å². The molecule has 0 bridgehead atoms. The molecule has 0 fully saturated rings. The lowest BCUT2D eigenvalue weighted by Crippen LogP contribution is -2.24. The van der Waals surface area contributed by atoms with Gasteiger partial charge < -0.3 is 15.2 Å². The van der Waals surface area contributed by atoms with Gasteiger partial charge >= 0.3 is 0 Å². The number of unbranched alkanes of at least 4 members (excludes halogenated alkanes) is 1. The first kappa shape index (κ1) is 14.9. The average molecular weight is 217 g/mol. The summed E-state index contributed by atoms with van der Waals surface area (Å²) in [5.41, 5.74) is 0. The van der Waals surface area contributed by atoms with E-state index >= 15 is 0 Å². The van der Waals surface area contributed by atoms with E-state index < -0.39 is 0 Å². The van der Waals surface area contributed by atoms with E-state index in [0.717, 1.165) is 32.5 Å². The van der Waals surface area contributed by atoms with E-state index in [1.165, 1.54) is 19.3 Å². The molecular formula is C12H27NO2. The summed E-state index contributed by atoms with van der Waals surface area (Å²) < 4.78 is 4.99. The van der Waals surface area contributed by atoms with Crippen LogP contribution in [0.5, 0.6) is 0 Å². The van der Waals surface area contributed by atoms with Gasteiger partial charge in [-0.3, -0.25) is 0 Å². The molecule has 1 unspecified atom stereocenters. The second-order valence-corrected chi connectivity index (χ2v) is 4.07. The second kappa shape index (κ2) is 12.0. The van der Waals surface area contributed by atoms with Crippen LogP contribution in [0.2, 0.25) is 0 Å². The summed E-state index contributed by atoms with van der Waals surface area (Å²) in [4.78, 5) is 0. The predicted molar refractivity (Wildman–Crippen MR) is 64.1 cm³/mol. The van der Waals surface area contributed by atoms with Crippen LogP contribution in [-0.2, 0) is 4.74 Å². The molecular weight excluding hydrogens is 190 g/mol. The minimum atomic E-state index is 0.315. The van der Waals surface area contributed by atoms with E-state index in [2.05, 4.69) is 12.2 Å². The Morgan fingerprint density at radius 3 is 2.67 bits per heavy atom. The molecule has 3 nitrogen and oxygen atoms in total. The van der Waals surface area contributed by atoms with Crippen molar-refractivity contribution < 1.29 is 9.84 Å². The molecule has 0 aromatic rings. The molecule has 15 heavy (non-hydrogen) atoms. The third kappa shape index (κ3) is 10.2. The molecule has 0 heterocycles. The minimum Gasteiger partial charge on any atom is -0.396 e. The van der Waals surface area contributed by atoms with Crippen LogP contribution in [-0.4, -0.2) is 38.5 Å². The van der Waals surface area contributed by atoms with Crippen LogP contribution in [0.4, 0.5) is 0 Å². The average Bonchev–Trinajstić information content (AvgIpc) is 2.24. The highest BCUT2D eigenvalue weighted by Crippen LogP contribution is 2.09. The monoisotopic (exact) mass is 217 g/mol. The fourth-order valence-electron chi connectivity index (χ4n) is 1.74. The van der Waals surface area contributed by atoms with Crippen LogP contribution in [0.1, 0.15) is 39.0 Å². The van der Waals surface area contributed by atoms with Gasteiger partial charge in [0.15, 0.2) is 0 Å². The van der Waals surface area contributed by atoms with Crippen LogP contribution < -0.4 is 5.32 Å². The molecule has 3 heteroatoms. The number of hydrogen-bond donors (Lipinski definition) is 2. The van der Waals surface area contributed by atoms with Gasteiger partial charge in [0.05, 0.1) is 0 Å². The van der Waals surface area contributed by atoms with Crippen molar-refractivity contribution in [2.75, 3.05) is 33.4 Å². The zero-order chi connectivity index (χ0) is 11.4. The molecule has 0 amide bonds. The SMILES string of the molecule is CCCC(CCO)CNCCCCOC. The van der Waals surface area contributed by atoms with Crippen LogP contribution in [0.15, 0.2) is 0 Å². The van der Waals surface area contributed by atoms with Crippen LogP contribution >= 0.6 is 0 Å². The summed E-state index contributed by atoms with van der Waals surface area (Å²) in [6, 6.07) is 0. The van der Waals surface area contributed by atoms with Crippen molar-refractivity contribution in [3.63, 3.8) is 0 Å². The molecule has 92 valence electrons. The van der Waals surface area contributed by atoms with Crippen LogP contribution in [0, 0.1) is 5.92 Å². The third-order valence-electron chi connectivity index (χ3n) is 2.62. The van der Waals surface area contributed by atoms with Gasteiger partial charge in [0.1, 0.15) is 0 Å². The van der Waals surface area contributed by atoms with Crippen molar-refractivity contribution in [2.24, 2.45) is 5.92 Å². The Balaban J connectivity index is 3.28. The maximum absolute atomic E-state index is 8.89. The van der Waals surface area contributed by atoms with Crippen molar-refractivity contribution in [2.45, 2.75) is 39.0 Å². The van der Waals surface area contributed by atoms with Gasteiger partial charge in [0.2, 0.25) is 0 Å². The third-order valence-corrected chi connectivity index (χ3v) is 2.62. The second-order valence-electron chi connectivity index (χ2n) is 4.07. The zero-order valence-electron chi connectivity index (χ0n) is 10.3. The molecule has 2 N–H and O–H groups in total. The Hall–Kier alpha value is -0.120. The van der Waals surface area contributed by atoms with Crippen molar-refractivity contribution in [1.82, 2.24) is 5.32 Å². The number of ether oxygens (including phenoxy) is 1. The number of methoxy groups -OCH3 is 1. The highest BCUT2D eigenvalue weighted by atomic mass is 16.5. The predicted octanol–water partition coefficient (Wildman–Crippen LogP) is 1.80. The first-order valence-corrected chi connectivity index (χ1v) is 6.15. The molecule has 0 saturated heterocycles. The van der Waals surface area contributed by atoms with Crippen molar-refractivity contribution >= 4 is 0 Å². The number of aliphatic hydroxyl groups is 1. The van der Waals surface area contributed by atoms with E-state index in [1.807, 2.05) is 0 Å². The molecule has 0 aliphatic heterocycles. The summed E-state index contributed by atoms with van der Waals surface area (Å²) in [7, 11) is 1.74. The fourth-order valence-corrected chi connectivity index (χ4v) is 1.74. The first-order valence-electron chi connectivity index (χ1n) is 6.15. The number of aliphatic hydroxyl groups excluding tert-OH is 1. The van der Waals surface area contributed by atoms with Gasteiger partial charge in [0.25, 0.3) is 0 Å². The highest BCUT2D eigenvalue weighted by Gasteiger charge is 2.05. The normalized spacial score (nSPS) is 13.0. The molecule has 0 aliphatic carbocycles. The summed E-state index contributed by atoms with van der Waals surface area (Å²) in [6.45, 7) is 5.48. The van der Waals surface area contributed by atoms with Crippen LogP contribution in [0.25, 0.3) is 0 Å². The van der Waals surface area contributed by atoms with Crippen molar-refractivity contribution in [1.29, 1.82) is 0 Å². The Morgan fingerprint density at radius 1 is 1.27 bits per heavy atom. The summed E-state index contributed by atoms with van der Waals surface area (Å²) in [5.74, 6) is 0.641. The van der Waals surface area contributed by atoms with E-state index in [0.29, 0.717) is 12.5 Å². The van der Waals surface area contributed by atoms with E-state index in [4.69, 9.17) is 9.84 Å². The summed E-state index contributed by atoms with van der Waals surface area (Å²) in [5, 5.41) is 12.3. The van der Waals surface area contributed by atoms with Gasteiger partial charge in [-0.15, -0.1) is 0 Å². The minimum absolute atomic E-state index is 0.315. The zero-order valence-corrected chi connectivity index (χ0v) is 10.3. The number of rotatable bonds is 11. The maximum Gasteiger partial charge on any atom is 0.0462 e. The molecule has 0 rings (SSSR count). The molecule has 0 aromatic carbocycles. The van der Waals surface area contributed by atoms with Gasteiger partial charge in [-0.05, 0) is 44.7 Å². The van der Waals surface area contributed by atoms with E-state index in [9.17, 15) is 0 Å². The molecule has 0 radical (unpaired) electrons.